The van der Waals surface area contributed by atoms with Crippen molar-refractivity contribution in [1.29, 1.82) is 0 Å². The molecule has 108 valence electrons. The number of rotatable bonds is 10. The number of ether oxygens (including phenoxy) is 2. The second kappa shape index (κ2) is 9.96. The van der Waals surface area contributed by atoms with Gasteiger partial charge < -0.3 is 14.8 Å². The first-order valence-corrected chi connectivity index (χ1v) is 7.23. The van der Waals surface area contributed by atoms with Crippen LogP contribution in [0.4, 0.5) is 0 Å². The van der Waals surface area contributed by atoms with Gasteiger partial charge in [0.25, 0.3) is 0 Å². The van der Waals surface area contributed by atoms with Crippen LogP contribution < -0.4 is 5.32 Å². The summed E-state index contributed by atoms with van der Waals surface area (Å²) >= 11 is 0. The summed E-state index contributed by atoms with van der Waals surface area (Å²) in [6.07, 6.45) is 1.06. The number of likely N-dealkylation sites (N-methyl/N-ethyl adjacent to an activating group) is 1. The average Bonchev–Trinajstić information content (AvgIpc) is 2.41. The summed E-state index contributed by atoms with van der Waals surface area (Å²) in [6, 6.07) is 8.84. The highest BCUT2D eigenvalue weighted by Crippen LogP contribution is 2.14. The van der Waals surface area contributed by atoms with Crippen LogP contribution in [0.1, 0.15) is 37.4 Å². The fourth-order valence-electron chi connectivity index (χ4n) is 1.97. The van der Waals surface area contributed by atoms with Crippen LogP contribution in [0.5, 0.6) is 0 Å². The number of hydrogen-bond acceptors (Lipinski definition) is 3. The monoisotopic (exact) mass is 265 g/mol. The molecule has 1 N–H and O–H groups in total. The first-order chi connectivity index (χ1) is 9.27. The molecule has 0 aromatic heterocycles. The van der Waals surface area contributed by atoms with Crippen LogP contribution in [0.25, 0.3) is 0 Å². The van der Waals surface area contributed by atoms with Crippen molar-refractivity contribution in [2.75, 3.05) is 33.0 Å². The van der Waals surface area contributed by atoms with E-state index in [1.54, 1.807) is 0 Å². The van der Waals surface area contributed by atoms with Crippen LogP contribution in [-0.2, 0) is 9.47 Å². The topological polar surface area (TPSA) is 30.5 Å². The molecule has 0 heterocycles. The lowest BCUT2D eigenvalue weighted by Gasteiger charge is -2.19. The van der Waals surface area contributed by atoms with E-state index in [1.807, 2.05) is 0 Å². The van der Waals surface area contributed by atoms with Crippen LogP contribution in [0.15, 0.2) is 24.3 Å². The van der Waals surface area contributed by atoms with Crippen molar-refractivity contribution in [3.05, 3.63) is 35.4 Å². The molecule has 1 unspecified atom stereocenters. The molecule has 0 aliphatic heterocycles. The fourth-order valence-corrected chi connectivity index (χ4v) is 1.97. The van der Waals surface area contributed by atoms with Gasteiger partial charge in [-0.1, -0.05) is 43.7 Å². The van der Waals surface area contributed by atoms with Gasteiger partial charge in [-0.15, -0.1) is 0 Å². The average molecular weight is 265 g/mol. The minimum atomic E-state index is 0.260. The largest absolute Gasteiger partial charge is 0.379 e. The molecular weight excluding hydrogens is 238 g/mol. The van der Waals surface area contributed by atoms with Crippen molar-refractivity contribution < 1.29 is 9.47 Å². The highest BCUT2D eigenvalue weighted by Gasteiger charge is 2.10. The minimum Gasteiger partial charge on any atom is -0.379 e. The zero-order valence-corrected chi connectivity index (χ0v) is 12.4. The lowest BCUT2D eigenvalue weighted by Crippen LogP contribution is -2.26. The molecule has 0 aliphatic rings. The normalized spacial score (nSPS) is 12.6. The van der Waals surface area contributed by atoms with Crippen molar-refractivity contribution in [1.82, 2.24) is 5.32 Å². The molecule has 0 saturated carbocycles. The molecule has 1 aromatic carbocycles. The maximum atomic E-state index is 5.70. The van der Waals surface area contributed by atoms with Gasteiger partial charge >= 0.3 is 0 Å². The second-order valence-corrected chi connectivity index (χ2v) is 4.71. The standard InChI is InChI=1S/C16H27NO2/c1-4-9-18-10-11-19-13-16(17-5-2)15-8-6-7-14(3)12-15/h6-8,12,16-17H,4-5,9-11,13H2,1-3H3. The Hall–Kier alpha value is -0.900. The molecule has 0 spiro atoms. The second-order valence-electron chi connectivity index (χ2n) is 4.71. The SMILES string of the molecule is CCCOCCOCC(NCC)c1cccc(C)c1. The molecule has 0 saturated heterocycles. The molecule has 1 aromatic rings. The van der Waals surface area contributed by atoms with Gasteiger partial charge in [0, 0.05) is 6.61 Å². The molecule has 0 radical (unpaired) electrons. The molecule has 0 bridgehead atoms. The lowest BCUT2D eigenvalue weighted by atomic mass is 10.1. The van der Waals surface area contributed by atoms with Gasteiger partial charge in [0.15, 0.2) is 0 Å². The Morgan fingerprint density at radius 3 is 2.58 bits per heavy atom. The van der Waals surface area contributed by atoms with Gasteiger partial charge in [-0.3, -0.25) is 0 Å². The molecule has 3 nitrogen and oxygen atoms in total. The van der Waals surface area contributed by atoms with Crippen molar-refractivity contribution in [2.24, 2.45) is 0 Å². The summed E-state index contributed by atoms with van der Waals surface area (Å²) in [7, 11) is 0. The van der Waals surface area contributed by atoms with Gasteiger partial charge in [-0.25, -0.2) is 0 Å². The third-order valence-electron chi connectivity index (χ3n) is 2.90. The molecular formula is C16H27NO2. The van der Waals surface area contributed by atoms with E-state index in [9.17, 15) is 0 Å². The first-order valence-electron chi connectivity index (χ1n) is 7.23. The quantitative estimate of drug-likeness (QED) is 0.659. The highest BCUT2D eigenvalue weighted by atomic mass is 16.5. The minimum absolute atomic E-state index is 0.260. The zero-order valence-electron chi connectivity index (χ0n) is 12.4. The summed E-state index contributed by atoms with van der Waals surface area (Å²) in [5.74, 6) is 0. The van der Waals surface area contributed by atoms with E-state index in [2.05, 4.69) is 50.4 Å². The van der Waals surface area contributed by atoms with Gasteiger partial charge in [-0.2, -0.15) is 0 Å². The Morgan fingerprint density at radius 2 is 1.89 bits per heavy atom. The first kappa shape index (κ1) is 16.2. The predicted molar refractivity (Wildman–Crippen MR) is 79.5 cm³/mol. The maximum absolute atomic E-state index is 5.70. The summed E-state index contributed by atoms with van der Waals surface area (Å²) in [5.41, 5.74) is 2.57. The van der Waals surface area contributed by atoms with E-state index in [0.717, 1.165) is 19.6 Å². The van der Waals surface area contributed by atoms with Crippen LogP contribution in [0, 0.1) is 6.92 Å². The van der Waals surface area contributed by atoms with Crippen LogP contribution in [0.2, 0.25) is 0 Å². The van der Waals surface area contributed by atoms with Gasteiger partial charge in [0.2, 0.25) is 0 Å². The molecule has 1 atom stereocenters. The summed E-state index contributed by atoms with van der Waals surface area (Å²) < 4.78 is 11.1. The van der Waals surface area contributed by atoms with E-state index in [-0.39, 0.29) is 6.04 Å². The van der Waals surface area contributed by atoms with Crippen LogP contribution in [0.3, 0.4) is 0 Å². The van der Waals surface area contributed by atoms with E-state index in [1.165, 1.54) is 11.1 Å². The number of hydrogen-bond donors (Lipinski definition) is 1. The summed E-state index contributed by atoms with van der Waals surface area (Å²) in [4.78, 5) is 0. The third kappa shape index (κ3) is 6.71. The fraction of sp³-hybridized carbons (Fsp3) is 0.625. The molecule has 1 rings (SSSR count). The van der Waals surface area contributed by atoms with Gasteiger partial charge in [-0.05, 0) is 25.5 Å². The molecule has 0 aliphatic carbocycles. The maximum Gasteiger partial charge on any atom is 0.0701 e. The van der Waals surface area contributed by atoms with E-state index >= 15 is 0 Å². The third-order valence-corrected chi connectivity index (χ3v) is 2.90. The highest BCUT2D eigenvalue weighted by molar-refractivity contribution is 5.25. The zero-order chi connectivity index (χ0) is 13.9. The lowest BCUT2D eigenvalue weighted by molar-refractivity contribution is 0.0393. The van der Waals surface area contributed by atoms with E-state index < -0.39 is 0 Å². The number of aryl methyl sites for hydroxylation is 1. The Balaban J connectivity index is 2.36. The van der Waals surface area contributed by atoms with Gasteiger partial charge in [0.1, 0.15) is 0 Å². The van der Waals surface area contributed by atoms with Crippen molar-refractivity contribution >= 4 is 0 Å². The van der Waals surface area contributed by atoms with E-state index in [4.69, 9.17) is 9.47 Å². The molecule has 3 heteroatoms. The molecule has 19 heavy (non-hydrogen) atoms. The van der Waals surface area contributed by atoms with Crippen molar-refractivity contribution in [3.8, 4) is 0 Å². The Kier molecular flexibility index (Phi) is 8.47. The van der Waals surface area contributed by atoms with Gasteiger partial charge in [0.05, 0.1) is 25.9 Å². The van der Waals surface area contributed by atoms with E-state index in [0.29, 0.717) is 19.8 Å². The summed E-state index contributed by atoms with van der Waals surface area (Å²) in [5, 5.41) is 3.46. The molecule has 0 fully saturated rings. The summed E-state index contributed by atoms with van der Waals surface area (Å²) in [6.45, 7) is 10.1. The Labute approximate surface area is 117 Å². The Bertz CT molecular complexity index is 341. The number of benzene rings is 1. The van der Waals surface area contributed by atoms with Crippen LogP contribution >= 0.6 is 0 Å². The number of nitrogens with one attached hydrogen (secondary N) is 1. The van der Waals surface area contributed by atoms with Crippen LogP contribution in [-0.4, -0.2) is 33.0 Å². The Morgan fingerprint density at radius 1 is 1.11 bits per heavy atom. The van der Waals surface area contributed by atoms with Crippen molar-refractivity contribution in [3.63, 3.8) is 0 Å². The molecule has 0 amide bonds. The van der Waals surface area contributed by atoms with Crippen molar-refractivity contribution in [2.45, 2.75) is 33.2 Å². The predicted octanol–water partition coefficient (Wildman–Crippen LogP) is 3.09. The smallest absolute Gasteiger partial charge is 0.0701 e.